The summed E-state index contributed by atoms with van der Waals surface area (Å²) in [4.78, 5) is 26.0. The van der Waals surface area contributed by atoms with Gasteiger partial charge in [-0.1, -0.05) is 26.0 Å². The van der Waals surface area contributed by atoms with Gasteiger partial charge >= 0.3 is 12.1 Å². The van der Waals surface area contributed by atoms with Crippen molar-refractivity contribution in [1.82, 2.24) is 15.5 Å². The molecule has 198 valence electrons. The number of halogens is 1. The molecule has 1 aliphatic heterocycles. The number of nitrogens with zero attached hydrogens (tertiary/aromatic N) is 1. The molecule has 3 amide bonds. The van der Waals surface area contributed by atoms with Gasteiger partial charge < -0.3 is 35.5 Å². The Kier molecular flexibility index (Phi) is 11.7. The molecule has 0 aliphatic carbocycles. The van der Waals surface area contributed by atoms with Gasteiger partial charge in [0.15, 0.2) is 0 Å². The molecule has 0 radical (unpaired) electrons. The van der Waals surface area contributed by atoms with Crippen LogP contribution in [0.3, 0.4) is 0 Å². The summed E-state index contributed by atoms with van der Waals surface area (Å²) in [6.45, 7) is 6.72. The maximum atomic E-state index is 14.0. The number of carbonyl (C=O) groups excluding carboxylic acids is 2. The first-order valence-electron chi connectivity index (χ1n) is 12.1. The number of likely N-dealkylation sites (tertiary alicyclic amines) is 1. The fourth-order valence-corrected chi connectivity index (χ4v) is 4.60. The number of alkyl carbamates (subject to hydrolysis) is 1. The van der Waals surface area contributed by atoms with Crippen molar-refractivity contribution in [2.75, 3.05) is 53.6 Å². The third-order valence-corrected chi connectivity index (χ3v) is 6.07. The minimum Gasteiger partial charge on any atom is -0.453 e. The fraction of sp³-hybridized carbons (Fsp3) is 0.680. The average molecular weight is 497 g/mol. The average Bonchev–Trinajstić information content (AvgIpc) is 2.82. The topological polar surface area (TPSA) is 115 Å². The molecule has 1 heterocycles. The lowest BCUT2D eigenvalue weighted by molar-refractivity contribution is -0.00865. The zero-order valence-electron chi connectivity index (χ0n) is 21.3. The first kappa shape index (κ1) is 28.8. The summed E-state index contributed by atoms with van der Waals surface area (Å²) in [5.74, 6) is -0.372. The largest absolute Gasteiger partial charge is 0.453 e. The van der Waals surface area contributed by atoms with Gasteiger partial charge in [-0.2, -0.15) is 0 Å². The molecular formula is C25H41FN4O5. The number of methoxy groups -OCH3 is 2. The van der Waals surface area contributed by atoms with E-state index >= 15 is 0 Å². The van der Waals surface area contributed by atoms with Gasteiger partial charge in [-0.15, -0.1) is 0 Å². The van der Waals surface area contributed by atoms with Gasteiger partial charge in [-0.25, -0.2) is 14.0 Å². The maximum absolute atomic E-state index is 14.0. The minimum absolute atomic E-state index is 0.0243. The van der Waals surface area contributed by atoms with Crippen LogP contribution in [0.2, 0.25) is 0 Å². The van der Waals surface area contributed by atoms with Crippen molar-refractivity contribution < 1.29 is 28.2 Å². The smallest absolute Gasteiger partial charge is 0.406 e. The number of piperidine rings is 1. The lowest BCUT2D eigenvalue weighted by Crippen LogP contribution is -2.50. The van der Waals surface area contributed by atoms with Gasteiger partial charge in [0.1, 0.15) is 5.82 Å². The molecule has 2 rings (SSSR count). The molecule has 9 nitrogen and oxygen atoms in total. The van der Waals surface area contributed by atoms with E-state index in [0.29, 0.717) is 31.8 Å². The maximum Gasteiger partial charge on any atom is 0.406 e. The predicted octanol–water partition coefficient (Wildman–Crippen LogP) is 3.05. The van der Waals surface area contributed by atoms with Crippen LogP contribution in [0, 0.1) is 17.2 Å². The van der Waals surface area contributed by atoms with Crippen molar-refractivity contribution >= 4 is 12.1 Å². The molecule has 1 unspecified atom stereocenters. The number of rotatable bonds is 12. The molecule has 1 saturated heterocycles. The Balaban J connectivity index is 1.97. The number of ether oxygens (including phenoxy) is 3. The van der Waals surface area contributed by atoms with Crippen molar-refractivity contribution in [2.24, 2.45) is 17.1 Å². The summed E-state index contributed by atoms with van der Waals surface area (Å²) in [7, 11) is 2.96. The second-order valence-corrected chi connectivity index (χ2v) is 9.86. The van der Waals surface area contributed by atoms with E-state index in [0.717, 1.165) is 19.3 Å². The van der Waals surface area contributed by atoms with Crippen LogP contribution >= 0.6 is 0 Å². The number of urea groups is 1. The Morgan fingerprint density at radius 2 is 2.06 bits per heavy atom. The van der Waals surface area contributed by atoms with Gasteiger partial charge in [0.25, 0.3) is 0 Å². The Hall–Kier alpha value is -2.43. The van der Waals surface area contributed by atoms with Crippen molar-refractivity contribution in [1.29, 1.82) is 0 Å². The highest BCUT2D eigenvalue weighted by Gasteiger charge is 2.32. The lowest BCUT2D eigenvalue weighted by atomic mass is 9.87. The molecule has 35 heavy (non-hydrogen) atoms. The van der Waals surface area contributed by atoms with Crippen LogP contribution in [0.15, 0.2) is 24.3 Å². The van der Waals surface area contributed by atoms with E-state index in [-0.39, 0.29) is 42.4 Å². The van der Waals surface area contributed by atoms with E-state index in [9.17, 15) is 14.0 Å². The first-order valence-corrected chi connectivity index (χ1v) is 12.1. The van der Waals surface area contributed by atoms with E-state index in [1.807, 2.05) is 6.07 Å². The summed E-state index contributed by atoms with van der Waals surface area (Å²) in [6, 6.07) is 5.96. The third-order valence-electron chi connectivity index (χ3n) is 6.07. The molecule has 0 aromatic heterocycles. The first-order chi connectivity index (χ1) is 16.6. The van der Waals surface area contributed by atoms with E-state index < -0.39 is 12.2 Å². The van der Waals surface area contributed by atoms with Gasteiger partial charge in [0, 0.05) is 45.2 Å². The zero-order valence-corrected chi connectivity index (χ0v) is 21.3. The molecular weight excluding hydrogens is 455 g/mol. The molecule has 4 N–H and O–H groups in total. The van der Waals surface area contributed by atoms with E-state index in [4.69, 9.17) is 15.2 Å². The molecule has 0 saturated carbocycles. The monoisotopic (exact) mass is 496 g/mol. The minimum atomic E-state index is -0.541. The Bertz CT molecular complexity index is 810. The number of amides is 3. The van der Waals surface area contributed by atoms with Crippen molar-refractivity contribution in [3.63, 3.8) is 0 Å². The molecule has 10 heteroatoms. The molecule has 3 atom stereocenters. The summed E-state index contributed by atoms with van der Waals surface area (Å²) >= 11 is 0. The molecule has 1 aliphatic rings. The number of hydrogen-bond donors (Lipinski definition) is 3. The molecule has 0 bridgehead atoms. The highest BCUT2D eigenvalue weighted by atomic mass is 19.1. The summed E-state index contributed by atoms with van der Waals surface area (Å²) in [5.41, 5.74) is 6.88. The van der Waals surface area contributed by atoms with Crippen molar-refractivity contribution in [3.8, 4) is 0 Å². The Morgan fingerprint density at radius 3 is 2.74 bits per heavy atom. The quantitative estimate of drug-likeness (QED) is 0.383. The molecule has 0 spiro atoms. The fourth-order valence-electron chi connectivity index (χ4n) is 4.60. The van der Waals surface area contributed by atoms with Gasteiger partial charge in [-0.05, 0) is 42.4 Å². The van der Waals surface area contributed by atoms with E-state index in [2.05, 4.69) is 29.2 Å². The highest BCUT2D eigenvalue weighted by molar-refractivity contribution is 5.74. The van der Waals surface area contributed by atoms with Crippen LogP contribution in [-0.4, -0.2) is 76.7 Å². The zero-order chi connectivity index (χ0) is 25.8. The number of benzene rings is 1. The van der Waals surface area contributed by atoms with Gasteiger partial charge in [-0.3, -0.25) is 0 Å². The SMILES string of the molecule is COCC(C)(C)C[C@@H](N)CNC(=O)N1CCC[C@@H](C(OCCNC(=O)OC)c2cccc(F)c2)C1. The number of nitrogens with one attached hydrogen (secondary N) is 2. The standard InChI is InChI=1S/C25H41FN4O5/c1-25(2,17-33-3)14-21(27)15-29-23(31)30-11-6-8-19(16-30)22(18-7-5-9-20(26)13-18)35-12-10-28-24(32)34-4/h5,7,9,13,19,21-22H,6,8,10-12,14-17,27H2,1-4H3,(H,28,32)(H,29,31)/t19-,21-,22?/m1/s1. The molecule has 1 aromatic carbocycles. The Morgan fingerprint density at radius 1 is 1.29 bits per heavy atom. The highest BCUT2D eigenvalue weighted by Crippen LogP contribution is 2.33. The van der Waals surface area contributed by atoms with Crippen LogP contribution in [0.1, 0.15) is 44.8 Å². The molecule has 1 aromatic rings. The summed E-state index contributed by atoms with van der Waals surface area (Å²) < 4.78 is 29.9. The van der Waals surface area contributed by atoms with E-state index in [1.165, 1.54) is 19.2 Å². The van der Waals surface area contributed by atoms with Crippen LogP contribution in [0.5, 0.6) is 0 Å². The lowest BCUT2D eigenvalue weighted by Gasteiger charge is -2.37. The van der Waals surface area contributed by atoms with Gasteiger partial charge in [0.05, 0.1) is 26.4 Å². The summed E-state index contributed by atoms with van der Waals surface area (Å²) in [6.07, 6.45) is 1.40. The van der Waals surface area contributed by atoms with Crippen molar-refractivity contribution in [2.45, 2.75) is 45.3 Å². The van der Waals surface area contributed by atoms with Crippen LogP contribution in [0.25, 0.3) is 0 Å². The Labute approximate surface area is 207 Å². The second kappa shape index (κ2) is 14.2. The number of nitrogens with two attached hydrogens (primary N) is 1. The van der Waals surface area contributed by atoms with Crippen LogP contribution in [0.4, 0.5) is 14.0 Å². The second-order valence-electron chi connectivity index (χ2n) is 9.86. The van der Waals surface area contributed by atoms with Crippen LogP contribution < -0.4 is 16.4 Å². The number of hydrogen-bond acceptors (Lipinski definition) is 6. The van der Waals surface area contributed by atoms with Gasteiger partial charge in [0.2, 0.25) is 0 Å². The third kappa shape index (κ3) is 9.99. The molecule has 1 fully saturated rings. The predicted molar refractivity (Wildman–Crippen MR) is 131 cm³/mol. The van der Waals surface area contributed by atoms with Crippen LogP contribution in [-0.2, 0) is 14.2 Å². The summed E-state index contributed by atoms with van der Waals surface area (Å²) in [5, 5.41) is 5.53. The normalized spacial score (nSPS) is 18.0. The van der Waals surface area contributed by atoms with Crippen molar-refractivity contribution in [3.05, 3.63) is 35.6 Å². The van der Waals surface area contributed by atoms with E-state index in [1.54, 1.807) is 18.1 Å². The number of carbonyl (C=O) groups is 2.